The molecule has 2 aromatic carbocycles. The Morgan fingerprint density at radius 3 is 2.23 bits per heavy atom. The third kappa shape index (κ3) is 4.37. The van der Waals surface area contributed by atoms with Gasteiger partial charge in [-0.15, -0.1) is 4.36 Å². The number of alkyl halides is 1. The number of urea groups is 1. The molecule has 2 amide bonds. The van der Waals surface area contributed by atoms with Gasteiger partial charge in [-0.2, -0.15) is 0 Å². The summed E-state index contributed by atoms with van der Waals surface area (Å²) in [5, 5.41) is 8.85. The predicted octanol–water partition coefficient (Wildman–Crippen LogP) is 4.17. The molecule has 2 aliphatic rings. The van der Waals surface area contributed by atoms with Gasteiger partial charge in [0.15, 0.2) is 0 Å². The molecular formula is C23H29FN4O2S. The molecular weight excluding hydrogens is 415 g/mol. The van der Waals surface area contributed by atoms with Crippen molar-refractivity contribution in [3.63, 3.8) is 0 Å². The molecule has 4 rings (SSSR count). The number of halogens is 1. The van der Waals surface area contributed by atoms with Crippen LogP contribution in [0, 0.1) is 0 Å². The first-order chi connectivity index (χ1) is 14.8. The zero-order valence-electron chi connectivity index (χ0n) is 18.0. The Balaban J connectivity index is 1.59. The molecule has 0 saturated carbocycles. The van der Waals surface area contributed by atoms with Gasteiger partial charge in [-0.25, -0.2) is 18.5 Å². The minimum absolute atomic E-state index is 0.242. The number of carbonyl (C=O) groups excluding carboxylic acids is 1. The van der Waals surface area contributed by atoms with E-state index in [-0.39, 0.29) is 4.90 Å². The van der Waals surface area contributed by atoms with Gasteiger partial charge in [0.2, 0.25) is 0 Å². The molecule has 2 atom stereocenters. The van der Waals surface area contributed by atoms with Crippen LogP contribution in [0.4, 0.5) is 14.9 Å². The van der Waals surface area contributed by atoms with E-state index in [9.17, 15) is 13.4 Å². The van der Waals surface area contributed by atoms with E-state index >= 15 is 0 Å². The highest BCUT2D eigenvalue weighted by molar-refractivity contribution is 7.91. The van der Waals surface area contributed by atoms with E-state index in [1.807, 2.05) is 0 Å². The number of anilines is 1. The first-order valence-electron chi connectivity index (χ1n) is 10.6. The molecule has 31 heavy (non-hydrogen) atoms. The molecule has 0 aromatic heterocycles. The highest BCUT2D eigenvalue weighted by atomic mass is 32.2. The van der Waals surface area contributed by atoms with E-state index in [0.29, 0.717) is 0 Å². The van der Waals surface area contributed by atoms with Crippen molar-refractivity contribution >= 4 is 21.6 Å². The Labute approximate surface area is 183 Å². The fourth-order valence-corrected chi connectivity index (χ4v) is 5.61. The monoisotopic (exact) mass is 444 g/mol. The van der Waals surface area contributed by atoms with Gasteiger partial charge in [0.25, 0.3) is 0 Å². The van der Waals surface area contributed by atoms with Crippen LogP contribution in [0.3, 0.4) is 0 Å². The zero-order valence-corrected chi connectivity index (χ0v) is 18.8. The molecule has 3 N–H and O–H groups in total. The van der Waals surface area contributed by atoms with Gasteiger partial charge in [0, 0.05) is 5.69 Å². The van der Waals surface area contributed by atoms with Crippen molar-refractivity contribution in [2.24, 2.45) is 9.50 Å². The molecule has 166 valence electrons. The lowest BCUT2D eigenvalue weighted by Crippen LogP contribution is -2.22. The standard InChI is InChI=1S/C23H29FN4O2S/c1-28(2)21(14-24)15-9-11-18(12-10-15)31(25,30)27-23(29)26-22-19-7-3-5-16(19)13-17-6-4-8-20(17)22/h9-13,21H,3-8,14H2,1-2H3,(H3,25,26,27,29,30). The molecule has 2 aliphatic carbocycles. The Hall–Kier alpha value is -2.29. The number of amides is 2. The van der Waals surface area contributed by atoms with Crippen LogP contribution in [0.5, 0.6) is 0 Å². The largest absolute Gasteiger partial charge is 0.354 e. The van der Waals surface area contributed by atoms with Crippen molar-refractivity contribution in [1.29, 1.82) is 0 Å². The quantitative estimate of drug-likeness (QED) is 0.726. The lowest BCUT2D eigenvalue weighted by Gasteiger charge is -2.21. The van der Waals surface area contributed by atoms with Crippen LogP contribution in [0.1, 0.15) is 46.7 Å². The molecule has 2 unspecified atom stereocenters. The van der Waals surface area contributed by atoms with Crippen LogP contribution in [0.15, 0.2) is 39.6 Å². The third-order valence-corrected chi connectivity index (χ3v) is 7.68. The number of hydrogen-bond donors (Lipinski definition) is 2. The highest BCUT2D eigenvalue weighted by Crippen LogP contribution is 2.38. The molecule has 8 heteroatoms. The Bertz CT molecular complexity index is 1090. The summed E-state index contributed by atoms with van der Waals surface area (Å²) in [5.74, 6) is 0. The van der Waals surface area contributed by atoms with Crippen LogP contribution >= 0.6 is 0 Å². The average Bonchev–Trinajstić information content (AvgIpc) is 3.37. The lowest BCUT2D eigenvalue weighted by atomic mass is 9.99. The fraction of sp³-hybridized carbons (Fsp3) is 0.435. The second kappa shape index (κ2) is 8.68. The molecule has 6 nitrogen and oxygen atoms in total. The summed E-state index contributed by atoms with van der Waals surface area (Å²) in [7, 11) is 0.164. The number of aryl methyl sites for hydroxylation is 2. The normalized spacial score (nSPS) is 17.7. The van der Waals surface area contributed by atoms with Crippen molar-refractivity contribution in [2.45, 2.75) is 49.5 Å². The summed E-state index contributed by atoms with van der Waals surface area (Å²) >= 11 is 0. The molecule has 0 heterocycles. The minimum atomic E-state index is -3.42. The van der Waals surface area contributed by atoms with E-state index in [1.54, 1.807) is 43.3 Å². The number of carbonyl (C=O) groups is 1. The first kappa shape index (κ1) is 21.9. The van der Waals surface area contributed by atoms with Crippen LogP contribution in [0.2, 0.25) is 0 Å². The highest BCUT2D eigenvalue weighted by Gasteiger charge is 2.25. The molecule has 0 aliphatic heterocycles. The maximum absolute atomic E-state index is 13.3. The minimum Gasteiger partial charge on any atom is -0.305 e. The van der Waals surface area contributed by atoms with Crippen molar-refractivity contribution in [3.8, 4) is 0 Å². The van der Waals surface area contributed by atoms with E-state index in [4.69, 9.17) is 5.14 Å². The maximum atomic E-state index is 13.3. The van der Waals surface area contributed by atoms with E-state index in [0.717, 1.165) is 49.8 Å². The maximum Gasteiger partial charge on any atom is 0.354 e. The van der Waals surface area contributed by atoms with Crippen LogP contribution in [-0.2, 0) is 35.6 Å². The van der Waals surface area contributed by atoms with Gasteiger partial charge in [0.05, 0.1) is 10.9 Å². The van der Waals surface area contributed by atoms with Crippen molar-refractivity contribution in [1.82, 2.24) is 4.90 Å². The van der Waals surface area contributed by atoms with Crippen molar-refractivity contribution in [2.75, 3.05) is 26.1 Å². The second-order valence-corrected chi connectivity index (χ2v) is 10.3. The van der Waals surface area contributed by atoms with Gasteiger partial charge in [0.1, 0.15) is 16.6 Å². The number of hydrogen-bond acceptors (Lipinski definition) is 3. The SMILES string of the molecule is CN(C)C(CF)c1ccc(S(N)(=O)=NC(=O)Nc2c3c(cc4c2CCC4)CCC3)cc1. The smallest absolute Gasteiger partial charge is 0.305 e. The molecule has 0 bridgehead atoms. The van der Waals surface area contributed by atoms with E-state index in [1.165, 1.54) is 22.3 Å². The number of rotatable bonds is 5. The Morgan fingerprint density at radius 2 is 1.71 bits per heavy atom. The Kier molecular flexibility index (Phi) is 6.14. The molecule has 0 radical (unpaired) electrons. The average molecular weight is 445 g/mol. The summed E-state index contributed by atoms with van der Waals surface area (Å²) in [5.41, 5.74) is 6.53. The van der Waals surface area contributed by atoms with Crippen molar-refractivity contribution in [3.05, 3.63) is 58.1 Å². The number of nitrogens with two attached hydrogens (primary N) is 1. The second-order valence-electron chi connectivity index (χ2n) is 8.53. The van der Waals surface area contributed by atoms with Gasteiger partial charge in [-0.1, -0.05) is 18.2 Å². The number of fused-ring (bicyclic) bond motifs is 2. The fourth-order valence-electron chi connectivity index (χ4n) is 4.68. The van der Waals surface area contributed by atoms with Crippen molar-refractivity contribution < 1.29 is 13.4 Å². The number of benzene rings is 2. The summed E-state index contributed by atoms with van der Waals surface area (Å²) in [6.07, 6.45) is 6.06. The van der Waals surface area contributed by atoms with E-state index < -0.39 is 28.7 Å². The first-order valence-corrected chi connectivity index (χ1v) is 12.2. The number of nitrogens with one attached hydrogen (secondary N) is 1. The van der Waals surface area contributed by atoms with Gasteiger partial charge >= 0.3 is 6.03 Å². The topological polar surface area (TPSA) is 87.8 Å². The van der Waals surface area contributed by atoms with Crippen LogP contribution in [-0.4, -0.2) is 35.9 Å². The molecule has 0 spiro atoms. The zero-order chi connectivity index (χ0) is 22.2. The summed E-state index contributed by atoms with van der Waals surface area (Å²) in [4.78, 5) is 14.7. The van der Waals surface area contributed by atoms with Crippen LogP contribution < -0.4 is 10.5 Å². The van der Waals surface area contributed by atoms with Crippen LogP contribution in [0.25, 0.3) is 0 Å². The van der Waals surface area contributed by atoms with Gasteiger partial charge in [-0.3, -0.25) is 0 Å². The summed E-state index contributed by atoms with van der Waals surface area (Å²) in [6.45, 7) is -0.539. The molecule has 2 aromatic rings. The van der Waals surface area contributed by atoms with E-state index in [2.05, 4.69) is 15.7 Å². The predicted molar refractivity (Wildman–Crippen MR) is 121 cm³/mol. The Morgan fingerprint density at radius 1 is 1.13 bits per heavy atom. The third-order valence-electron chi connectivity index (χ3n) is 6.30. The summed E-state index contributed by atoms with van der Waals surface area (Å²) in [6, 6.07) is 7.65. The molecule has 0 saturated heterocycles. The lowest BCUT2D eigenvalue weighted by molar-refractivity contribution is 0.242. The number of nitrogens with zero attached hydrogens (tertiary/aromatic N) is 2. The van der Waals surface area contributed by atoms with Gasteiger partial charge in [-0.05, 0) is 92.6 Å². The van der Waals surface area contributed by atoms with Gasteiger partial charge < -0.3 is 10.2 Å². The summed E-state index contributed by atoms with van der Waals surface area (Å²) < 4.78 is 30.1. The molecule has 0 fully saturated rings.